The highest BCUT2D eigenvalue weighted by molar-refractivity contribution is 7.92. The molecule has 6 nitrogen and oxygen atoms in total. The van der Waals surface area contributed by atoms with Crippen molar-refractivity contribution in [3.8, 4) is 0 Å². The summed E-state index contributed by atoms with van der Waals surface area (Å²) in [5.41, 5.74) is 0. The Labute approximate surface area is 132 Å². The Morgan fingerprint density at radius 1 is 1.09 bits per heavy atom. The Morgan fingerprint density at radius 3 is 2.23 bits per heavy atom. The van der Waals surface area contributed by atoms with Crippen molar-refractivity contribution < 1.29 is 18.0 Å². The maximum Gasteiger partial charge on any atom is 0.234 e. The lowest BCUT2D eigenvalue weighted by atomic mass is 10.0. The maximum atomic E-state index is 12.2. The van der Waals surface area contributed by atoms with Gasteiger partial charge in [-0.2, -0.15) is 0 Å². The average molecular weight is 330 g/mol. The first kappa shape index (κ1) is 17.2. The van der Waals surface area contributed by atoms with E-state index in [-0.39, 0.29) is 5.91 Å². The molecule has 0 bridgehead atoms. The zero-order valence-corrected chi connectivity index (χ0v) is 14.0. The summed E-state index contributed by atoms with van der Waals surface area (Å²) in [4.78, 5) is 25.3. The van der Waals surface area contributed by atoms with Gasteiger partial charge in [0.15, 0.2) is 9.84 Å². The molecule has 2 aliphatic rings. The second kappa shape index (κ2) is 7.44. The SMILES string of the molecule is CNC(=O)CS(=O)(=O)C1CCN(C(=O)CC2CCCC2)CC1. The van der Waals surface area contributed by atoms with Crippen LogP contribution in [0.1, 0.15) is 44.9 Å². The second-order valence-electron chi connectivity index (χ2n) is 6.42. The number of carbonyl (C=O) groups is 2. The van der Waals surface area contributed by atoms with Gasteiger partial charge in [-0.05, 0) is 31.6 Å². The Hall–Kier alpha value is -1.11. The lowest BCUT2D eigenvalue weighted by Gasteiger charge is -2.32. The molecule has 0 unspecified atom stereocenters. The van der Waals surface area contributed by atoms with Crippen molar-refractivity contribution in [3.63, 3.8) is 0 Å². The first-order valence-corrected chi connectivity index (χ1v) is 9.84. The van der Waals surface area contributed by atoms with Crippen LogP contribution in [-0.2, 0) is 19.4 Å². The van der Waals surface area contributed by atoms with Gasteiger partial charge in [0.05, 0.1) is 5.25 Å². The van der Waals surface area contributed by atoms with Gasteiger partial charge < -0.3 is 10.2 Å². The van der Waals surface area contributed by atoms with Crippen LogP contribution in [0.4, 0.5) is 0 Å². The second-order valence-corrected chi connectivity index (χ2v) is 8.70. The molecule has 1 aliphatic heterocycles. The minimum atomic E-state index is -3.42. The molecule has 1 aliphatic carbocycles. The van der Waals surface area contributed by atoms with Gasteiger partial charge >= 0.3 is 0 Å². The molecule has 7 heteroatoms. The van der Waals surface area contributed by atoms with Crippen LogP contribution in [0.5, 0.6) is 0 Å². The molecule has 0 aromatic heterocycles. The van der Waals surface area contributed by atoms with Crippen LogP contribution in [-0.4, -0.2) is 56.3 Å². The van der Waals surface area contributed by atoms with Crippen molar-refractivity contribution in [2.75, 3.05) is 25.9 Å². The molecule has 0 atom stereocenters. The Morgan fingerprint density at radius 2 is 1.68 bits per heavy atom. The summed E-state index contributed by atoms with van der Waals surface area (Å²) in [6, 6.07) is 0. The van der Waals surface area contributed by atoms with Gasteiger partial charge in [-0.1, -0.05) is 12.8 Å². The van der Waals surface area contributed by atoms with Crippen molar-refractivity contribution in [3.05, 3.63) is 0 Å². The van der Waals surface area contributed by atoms with Crippen molar-refractivity contribution in [1.29, 1.82) is 0 Å². The maximum absolute atomic E-state index is 12.2. The number of amides is 2. The summed E-state index contributed by atoms with van der Waals surface area (Å²) >= 11 is 0. The first-order chi connectivity index (χ1) is 10.4. The summed E-state index contributed by atoms with van der Waals surface area (Å²) in [6.07, 6.45) is 6.21. The van der Waals surface area contributed by atoms with E-state index in [1.807, 2.05) is 0 Å². The van der Waals surface area contributed by atoms with Gasteiger partial charge in [0.1, 0.15) is 5.75 Å². The average Bonchev–Trinajstić information content (AvgIpc) is 2.99. The number of carbonyl (C=O) groups excluding carboxylic acids is 2. The van der Waals surface area contributed by atoms with Crippen molar-refractivity contribution in [2.24, 2.45) is 5.92 Å². The fourth-order valence-corrected chi connectivity index (χ4v) is 5.10. The molecule has 0 spiro atoms. The highest BCUT2D eigenvalue weighted by Crippen LogP contribution is 2.29. The molecule has 2 rings (SSSR count). The van der Waals surface area contributed by atoms with Gasteiger partial charge in [-0.3, -0.25) is 9.59 Å². The van der Waals surface area contributed by atoms with Gasteiger partial charge in [-0.25, -0.2) is 8.42 Å². The van der Waals surface area contributed by atoms with E-state index in [4.69, 9.17) is 0 Å². The zero-order chi connectivity index (χ0) is 16.2. The molecule has 126 valence electrons. The van der Waals surface area contributed by atoms with Gasteiger partial charge in [0, 0.05) is 26.6 Å². The quantitative estimate of drug-likeness (QED) is 0.805. The highest BCUT2D eigenvalue weighted by atomic mass is 32.2. The minimum absolute atomic E-state index is 0.161. The van der Waals surface area contributed by atoms with E-state index in [9.17, 15) is 18.0 Å². The third-order valence-corrected chi connectivity index (χ3v) is 7.00. The molecule has 1 N–H and O–H groups in total. The van der Waals surface area contributed by atoms with Gasteiger partial charge in [-0.15, -0.1) is 0 Å². The zero-order valence-electron chi connectivity index (χ0n) is 13.2. The standard InChI is InChI=1S/C15H26N2O4S/c1-16-14(18)11-22(20,21)13-6-8-17(9-7-13)15(19)10-12-4-2-3-5-12/h12-13H,2-11H2,1H3,(H,16,18). The predicted molar refractivity (Wildman–Crippen MR) is 84.0 cm³/mol. The number of nitrogens with zero attached hydrogens (tertiary/aromatic N) is 1. The number of likely N-dealkylation sites (tertiary alicyclic amines) is 1. The number of nitrogens with one attached hydrogen (secondary N) is 1. The van der Waals surface area contributed by atoms with Crippen molar-refractivity contribution >= 4 is 21.7 Å². The molecule has 1 saturated carbocycles. The van der Waals surface area contributed by atoms with Crippen LogP contribution in [0.25, 0.3) is 0 Å². The molecule has 22 heavy (non-hydrogen) atoms. The third-order valence-electron chi connectivity index (χ3n) is 4.85. The Kier molecular flexibility index (Phi) is 5.83. The number of piperidine rings is 1. The fraction of sp³-hybridized carbons (Fsp3) is 0.867. The normalized spacial score (nSPS) is 21.0. The summed E-state index contributed by atoms with van der Waals surface area (Å²) in [5, 5.41) is 1.85. The minimum Gasteiger partial charge on any atom is -0.358 e. The Balaban J connectivity index is 1.81. The Bertz CT molecular complexity index is 504. The molecular formula is C15H26N2O4S. The topological polar surface area (TPSA) is 83.6 Å². The van der Waals surface area contributed by atoms with E-state index >= 15 is 0 Å². The van der Waals surface area contributed by atoms with Crippen LogP contribution >= 0.6 is 0 Å². The monoisotopic (exact) mass is 330 g/mol. The van der Waals surface area contributed by atoms with E-state index in [0.717, 1.165) is 12.8 Å². The number of hydrogen-bond donors (Lipinski definition) is 1. The van der Waals surface area contributed by atoms with Crippen LogP contribution in [0.3, 0.4) is 0 Å². The molecule has 1 saturated heterocycles. The van der Waals surface area contributed by atoms with E-state index in [0.29, 0.717) is 38.3 Å². The van der Waals surface area contributed by atoms with E-state index in [1.165, 1.54) is 19.9 Å². The van der Waals surface area contributed by atoms with E-state index in [1.54, 1.807) is 4.90 Å². The predicted octanol–water partition coefficient (Wildman–Crippen LogP) is 0.719. The fourth-order valence-electron chi connectivity index (χ4n) is 3.43. The number of sulfone groups is 1. The molecular weight excluding hydrogens is 304 g/mol. The van der Waals surface area contributed by atoms with Crippen molar-refractivity contribution in [2.45, 2.75) is 50.2 Å². The van der Waals surface area contributed by atoms with E-state index < -0.39 is 26.7 Å². The van der Waals surface area contributed by atoms with Crippen LogP contribution < -0.4 is 5.32 Å². The largest absolute Gasteiger partial charge is 0.358 e. The smallest absolute Gasteiger partial charge is 0.234 e. The first-order valence-electron chi connectivity index (χ1n) is 8.12. The summed E-state index contributed by atoms with van der Waals surface area (Å²) in [6.45, 7) is 0.979. The van der Waals surface area contributed by atoms with Crippen LogP contribution in [0.15, 0.2) is 0 Å². The van der Waals surface area contributed by atoms with Crippen LogP contribution in [0.2, 0.25) is 0 Å². The molecule has 0 aromatic carbocycles. The molecule has 2 fully saturated rings. The summed E-state index contributed by atoms with van der Waals surface area (Å²) < 4.78 is 24.3. The molecule has 0 aromatic rings. The van der Waals surface area contributed by atoms with Crippen molar-refractivity contribution in [1.82, 2.24) is 10.2 Å². The number of rotatable bonds is 5. The summed E-state index contributed by atoms with van der Waals surface area (Å²) in [7, 11) is -1.98. The highest BCUT2D eigenvalue weighted by Gasteiger charge is 2.33. The molecule has 1 heterocycles. The lowest BCUT2D eigenvalue weighted by Crippen LogP contribution is -2.44. The lowest BCUT2D eigenvalue weighted by molar-refractivity contribution is -0.133. The van der Waals surface area contributed by atoms with Gasteiger partial charge in [0.25, 0.3) is 0 Å². The van der Waals surface area contributed by atoms with E-state index in [2.05, 4.69) is 5.32 Å². The molecule has 2 amide bonds. The molecule has 0 radical (unpaired) electrons. The van der Waals surface area contributed by atoms with Crippen LogP contribution in [0, 0.1) is 5.92 Å². The summed E-state index contributed by atoms with van der Waals surface area (Å²) in [5.74, 6) is -0.250. The van der Waals surface area contributed by atoms with Gasteiger partial charge in [0.2, 0.25) is 11.8 Å². The third kappa shape index (κ3) is 4.44. The number of hydrogen-bond acceptors (Lipinski definition) is 4.